The number of nitrogens with zero attached hydrogens (tertiary/aromatic N) is 1. The van der Waals surface area contributed by atoms with Gasteiger partial charge in [-0.15, -0.1) is 0 Å². The summed E-state index contributed by atoms with van der Waals surface area (Å²) in [5.74, 6) is 0.867. The van der Waals surface area contributed by atoms with E-state index in [1.165, 1.54) is 5.56 Å². The molecule has 0 spiro atoms. The van der Waals surface area contributed by atoms with Crippen LogP contribution < -0.4 is 15.0 Å². The van der Waals surface area contributed by atoms with Crippen molar-refractivity contribution in [3.05, 3.63) is 65.7 Å². The van der Waals surface area contributed by atoms with Crippen LogP contribution in [0.3, 0.4) is 0 Å². The molecule has 1 atom stereocenters. The van der Waals surface area contributed by atoms with Gasteiger partial charge in [-0.3, -0.25) is 4.79 Å². The second-order valence-electron chi connectivity index (χ2n) is 7.12. The summed E-state index contributed by atoms with van der Waals surface area (Å²) in [4.78, 5) is 14.5. The molecule has 25 heavy (non-hydrogen) atoms. The molecule has 2 heterocycles. The number of nitrogens with one attached hydrogen (secondary N) is 1. The lowest BCUT2D eigenvalue weighted by molar-refractivity contribution is -0.118. The maximum atomic E-state index is 12.3. The van der Waals surface area contributed by atoms with E-state index in [1.54, 1.807) is 7.11 Å². The van der Waals surface area contributed by atoms with Gasteiger partial charge >= 0.3 is 0 Å². The molecule has 2 aliphatic heterocycles. The third-order valence-corrected chi connectivity index (χ3v) is 5.52. The largest absolute Gasteiger partial charge is 0.496 e. The van der Waals surface area contributed by atoms with E-state index in [0.29, 0.717) is 6.54 Å². The van der Waals surface area contributed by atoms with Gasteiger partial charge in [0.15, 0.2) is 0 Å². The van der Waals surface area contributed by atoms with Gasteiger partial charge in [-0.1, -0.05) is 56.3 Å². The Hall–Kier alpha value is -2.75. The van der Waals surface area contributed by atoms with Crippen molar-refractivity contribution >= 4 is 17.7 Å². The number of fused-ring (bicyclic) bond motifs is 3. The molecule has 128 valence electrons. The molecular weight excluding hydrogens is 312 g/mol. The molecule has 2 aromatic rings. The summed E-state index contributed by atoms with van der Waals surface area (Å²) in [7, 11) is 1.67. The van der Waals surface area contributed by atoms with Gasteiger partial charge in [-0.05, 0) is 23.8 Å². The number of methoxy groups -OCH3 is 1. The zero-order chi connectivity index (χ0) is 17.7. The van der Waals surface area contributed by atoms with Gasteiger partial charge in [-0.2, -0.15) is 0 Å². The summed E-state index contributed by atoms with van der Waals surface area (Å²) >= 11 is 0. The Labute approximate surface area is 148 Å². The van der Waals surface area contributed by atoms with Crippen molar-refractivity contribution in [3.63, 3.8) is 0 Å². The number of ether oxygens (including phenoxy) is 1. The van der Waals surface area contributed by atoms with Crippen LogP contribution in [0.4, 0.5) is 5.69 Å². The molecule has 4 heteroatoms. The molecule has 0 bridgehead atoms. The first-order valence-electron chi connectivity index (χ1n) is 8.50. The molecule has 1 saturated heterocycles. The highest BCUT2D eigenvalue weighted by molar-refractivity contribution is 5.91. The molecule has 1 N–H and O–H groups in total. The average molecular weight is 334 g/mol. The highest BCUT2D eigenvalue weighted by atomic mass is 16.5. The zero-order valence-corrected chi connectivity index (χ0v) is 14.7. The number of hydrogen-bond donors (Lipinski definition) is 1. The van der Waals surface area contributed by atoms with E-state index in [0.717, 1.165) is 17.0 Å². The summed E-state index contributed by atoms with van der Waals surface area (Å²) in [6.45, 7) is 4.74. The van der Waals surface area contributed by atoms with Gasteiger partial charge in [0.1, 0.15) is 11.4 Å². The lowest BCUT2D eigenvalue weighted by atomic mass is 9.75. The standard InChI is InChI=1S/C21H22N2O2/c1-20(2)16-9-5-6-10-17(16)23-14-19(24)22-21(20,23)13-12-15-8-4-7-11-18(15)25-3/h4-13H,14H2,1-3H3,(H,22,24). The molecule has 1 amide bonds. The lowest BCUT2D eigenvalue weighted by Gasteiger charge is -2.40. The van der Waals surface area contributed by atoms with Crippen molar-refractivity contribution in [2.75, 3.05) is 18.6 Å². The van der Waals surface area contributed by atoms with E-state index in [-0.39, 0.29) is 11.3 Å². The first-order valence-corrected chi connectivity index (χ1v) is 8.50. The first kappa shape index (κ1) is 15.8. The van der Waals surface area contributed by atoms with E-state index < -0.39 is 5.66 Å². The van der Waals surface area contributed by atoms with Gasteiger partial charge in [0, 0.05) is 16.7 Å². The maximum Gasteiger partial charge on any atom is 0.241 e. The number of hydrogen-bond acceptors (Lipinski definition) is 3. The number of para-hydroxylation sites is 2. The lowest BCUT2D eigenvalue weighted by Crippen LogP contribution is -2.58. The van der Waals surface area contributed by atoms with Crippen LogP contribution in [0.25, 0.3) is 6.08 Å². The number of carbonyl (C=O) groups excluding carboxylic acids is 1. The van der Waals surface area contributed by atoms with Gasteiger partial charge < -0.3 is 15.0 Å². The molecule has 0 aliphatic carbocycles. The van der Waals surface area contributed by atoms with Gasteiger partial charge in [0.2, 0.25) is 5.91 Å². The van der Waals surface area contributed by atoms with Crippen LogP contribution in [0.5, 0.6) is 5.75 Å². The Kier molecular flexibility index (Phi) is 3.39. The zero-order valence-electron chi connectivity index (χ0n) is 14.7. The molecule has 4 rings (SSSR count). The van der Waals surface area contributed by atoms with E-state index in [9.17, 15) is 4.79 Å². The minimum atomic E-state index is -0.575. The Morgan fingerprint density at radius 1 is 1.12 bits per heavy atom. The molecule has 2 aliphatic rings. The van der Waals surface area contributed by atoms with Crippen molar-refractivity contribution < 1.29 is 9.53 Å². The average Bonchev–Trinajstić information content (AvgIpc) is 3.05. The molecule has 1 unspecified atom stereocenters. The monoisotopic (exact) mass is 334 g/mol. The van der Waals surface area contributed by atoms with Gasteiger partial charge in [0.25, 0.3) is 0 Å². The number of benzene rings is 2. The fourth-order valence-corrected chi connectivity index (χ4v) is 4.15. The SMILES string of the molecule is COc1ccccc1C=CC12NC(=O)CN1c1ccccc1C2(C)C. The van der Waals surface area contributed by atoms with Crippen LogP contribution >= 0.6 is 0 Å². The summed E-state index contributed by atoms with van der Waals surface area (Å²) in [5.41, 5.74) is 2.53. The number of rotatable bonds is 3. The van der Waals surface area contributed by atoms with Crippen molar-refractivity contribution in [2.24, 2.45) is 0 Å². The van der Waals surface area contributed by atoms with Crippen molar-refractivity contribution in [2.45, 2.75) is 24.9 Å². The summed E-state index contributed by atoms with van der Waals surface area (Å²) < 4.78 is 5.45. The smallest absolute Gasteiger partial charge is 0.241 e. The van der Waals surface area contributed by atoms with Crippen LogP contribution in [-0.4, -0.2) is 25.2 Å². The second kappa shape index (κ2) is 5.38. The van der Waals surface area contributed by atoms with Crippen LogP contribution in [0, 0.1) is 0 Å². The predicted octanol–water partition coefficient (Wildman–Crippen LogP) is 3.33. The van der Waals surface area contributed by atoms with Crippen LogP contribution in [-0.2, 0) is 10.2 Å². The summed E-state index contributed by atoms with van der Waals surface area (Å²) in [6, 6.07) is 16.2. The first-order chi connectivity index (χ1) is 12.0. The Bertz CT molecular complexity index is 872. The molecule has 4 nitrogen and oxygen atoms in total. The molecular formula is C21H22N2O2. The quantitative estimate of drug-likeness (QED) is 0.936. The minimum absolute atomic E-state index is 0.0484. The molecule has 0 saturated carbocycles. The van der Waals surface area contributed by atoms with Gasteiger partial charge in [-0.25, -0.2) is 0 Å². The maximum absolute atomic E-state index is 12.3. The van der Waals surface area contributed by atoms with Crippen LogP contribution in [0.15, 0.2) is 54.6 Å². The number of carbonyl (C=O) groups is 1. The van der Waals surface area contributed by atoms with E-state index >= 15 is 0 Å². The van der Waals surface area contributed by atoms with Crippen molar-refractivity contribution in [1.29, 1.82) is 0 Å². The Balaban J connectivity index is 1.84. The normalized spacial score (nSPS) is 23.5. The third-order valence-electron chi connectivity index (χ3n) is 5.52. The molecule has 0 aromatic heterocycles. The number of amides is 1. The molecule has 1 fully saturated rings. The van der Waals surface area contributed by atoms with E-state index in [4.69, 9.17) is 4.74 Å². The molecule has 2 aromatic carbocycles. The Morgan fingerprint density at radius 3 is 2.64 bits per heavy atom. The third kappa shape index (κ3) is 2.10. The summed E-state index contributed by atoms with van der Waals surface area (Å²) in [5, 5.41) is 3.23. The minimum Gasteiger partial charge on any atom is -0.496 e. The van der Waals surface area contributed by atoms with Crippen molar-refractivity contribution in [1.82, 2.24) is 5.32 Å². The highest BCUT2D eigenvalue weighted by Gasteiger charge is 2.59. The van der Waals surface area contributed by atoms with Crippen LogP contribution in [0.2, 0.25) is 0 Å². The van der Waals surface area contributed by atoms with Crippen LogP contribution in [0.1, 0.15) is 25.0 Å². The summed E-state index contributed by atoms with van der Waals surface area (Å²) in [6.07, 6.45) is 4.15. The van der Waals surface area contributed by atoms with Crippen molar-refractivity contribution in [3.8, 4) is 5.75 Å². The fraction of sp³-hybridized carbons (Fsp3) is 0.286. The van der Waals surface area contributed by atoms with Gasteiger partial charge in [0.05, 0.1) is 13.7 Å². The van der Waals surface area contributed by atoms with E-state index in [1.807, 2.05) is 36.4 Å². The predicted molar refractivity (Wildman–Crippen MR) is 99.7 cm³/mol. The molecule has 0 radical (unpaired) electrons. The fourth-order valence-electron chi connectivity index (χ4n) is 4.15. The highest BCUT2D eigenvalue weighted by Crippen LogP contribution is 2.52. The second-order valence-corrected chi connectivity index (χ2v) is 7.12. The topological polar surface area (TPSA) is 41.6 Å². The Morgan fingerprint density at radius 2 is 1.84 bits per heavy atom. The van der Waals surface area contributed by atoms with E-state index in [2.05, 4.69) is 48.3 Å². The number of anilines is 1.